The molecule has 1 aromatic rings. The van der Waals surface area contributed by atoms with Gasteiger partial charge in [0, 0.05) is 6.20 Å². The van der Waals surface area contributed by atoms with E-state index in [0.717, 1.165) is 11.3 Å². The van der Waals surface area contributed by atoms with Gasteiger partial charge in [0.25, 0.3) is 0 Å². The van der Waals surface area contributed by atoms with E-state index in [9.17, 15) is 0 Å². The molecule has 1 rings (SSSR count). The standard InChI is InChI=1S/C7H10N4S/c1-5-2-3-9-4-6(5)10-7(12)11-8/h2-4H,8H2,1H3,(H2,10,11,12). The molecule has 0 aliphatic carbocycles. The molecule has 64 valence electrons. The fraction of sp³-hybridized carbons (Fsp3) is 0.143. The van der Waals surface area contributed by atoms with E-state index < -0.39 is 0 Å². The van der Waals surface area contributed by atoms with Crippen LogP contribution in [0.15, 0.2) is 18.5 Å². The van der Waals surface area contributed by atoms with Crippen molar-refractivity contribution in [2.75, 3.05) is 5.32 Å². The smallest absolute Gasteiger partial charge is 0.185 e. The monoisotopic (exact) mass is 182 g/mol. The second-order valence-corrected chi connectivity index (χ2v) is 2.70. The summed E-state index contributed by atoms with van der Waals surface area (Å²) in [6, 6.07) is 1.89. The third-order valence-corrected chi connectivity index (χ3v) is 1.64. The molecule has 0 aliphatic rings. The van der Waals surface area contributed by atoms with Gasteiger partial charge in [-0.1, -0.05) is 0 Å². The number of aryl methyl sites for hydroxylation is 1. The Bertz CT molecular complexity index is 286. The summed E-state index contributed by atoms with van der Waals surface area (Å²) in [6.45, 7) is 1.96. The molecule has 0 bridgehead atoms. The second kappa shape index (κ2) is 3.99. The molecule has 4 nitrogen and oxygen atoms in total. The highest BCUT2D eigenvalue weighted by Crippen LogP contribution is 2.10. The molecular formula is C7H10N4S. The Kier molecular flexibility index (Phi) is 2.95. The number of hydrogen-bond donors (Lipinski definition) is 3. The highest BCUT2D eigenvalue weighted by atomic mass is 32.1. The predicted molar refractivity (Wildman–Crippen MR) is 52.5 cm³/mol. The van der Waals surface area contributed by atoms with Gasteiger partial charge in [-0.3, -0.25) is 4.98 Å². The van der Waals surface area contributed by atoms with Crippen LogP contribution in [-0.2, 0) is 0 Å². The fourth-order valence-electron chi connectivity index (χ4n) is 0.753. The van der Waals surface area contributed by atoms with Gasteiger partial charge in [-0.15, -0.1) is 0 Å². The lowest BCUT2D eigenvalue weighted by Crippen LogP contribution is -2.34. The van der Waals surface area contributed by atoms with Gasteiger partial charge in [-0.05, 0) is 30.8 Å². The van der Waals surface area contributed by atoms with E-state index in [4.69, 9.17) is 18.1 Å². The summed E-state index contributed by atoms with van der Waals surface area (Å²) in [4.78, 5) is 3.94. The van der Waals surface area contributed by atoms with Crippen molar-refractivity contribution >= 4 is 23.0 Å². The number of anilines is 1. The normalized spacial score (nSPS) is 9.17. The van der Waals surface area contributed by atoms with E-state index in [1.807, 2.05) is 13.0 Å². The molecule has 0 atom stereocenters. The van der Waals surface area contributed by atoms with E-state index in [0.29, 0.717) is 5.11 Å². The summed E-state index contributed by atoms with van der Waals surface area (Å²) in [7, 11) is 0. The van der Waals surface area contributed by atoms with Crippen molar-refractivity contribution in [1.29, 1.82) is 0 Å². The van der Waals surface area contributed by atoms with Crippen molar-refractivity contribution in [3.63, 3.8) is 0 Å². The van der Waals surface area contributed by atoms with E-state index in [1.165, 1.54) is 0 Å². The molecule has 4 N–H and O–H groups in total. The molecule has 0 unspecified atom stereocenters. The predicted octanol–water partition coefficient (Wildman–Crippen LogP) is 0.550. The van der Waals surface area contributed by atoms with E-state index in [2.05, 4.69) is 15.7 Å². The highest BCUT2D eigenvalue weighted by Gasteiger charge is 1.97. The number of nitrogens with one attached hydrogen (secondary N) is 2. The number of nitrogens with zero attached hydrogens (tertiary/aromatic N) is 1. The maximum atomic E-state index is 5.10. The second-order valence-electron chi connectivity index (χ2n) is 2.29. The first-order chi connectivity index (χ1) is 5.74. The van der Waals surface area contributed by atoms with Crippen LogP contribution in [0.3, 0.4) is 0 Å². The molecule has 12 heavy (non-hydrogen) atoms. The van der Waals surface area contributed by atoms with Gasteiger partial charge < -0.3 is 10.7 Å². The van der Waals surface area contributed by atoms with Crippen LogP contribution in [0.5, 0.6) is 0 Å². The summed E-state index contributed by atoms with van der Waals surface area (Å²) in [6.07, 6.45) is 3.42. The Hall–Kier alpha value is -1.20. The number of hydrazine groups is 1. The molecule has 5 heteroatoms. The van der Waals surface area contributed by atoms with Gasteiger partial charge in [-0.25, -0.2) is 5.84 Å². The lowest BCUT2D eigenvalue weighted by Gasteiger charge is -2.07. The highest BCUT2D eigenvalue weighted by molar-refractivity contribution is 7.80. The molecule has 1 aromatic heterocycles. The van der Waals surface area contributed by atoms with Crippen molar-refractivity contribution < 1.29 is 0 Å². The van der Waals surface area contributed by atoms with Gasteiger partial charge in [0.2, 0.25) is 0 Å². The first-order valence-electron chi connectivity index (χ1n) is 3.42. The molecule has 0 saturated heterocycles. The van der Waals surface area contributed by atoms with E-state index in [-0.39, 0.29) is 0 Å². The maximum absolute atomic E-state index is 5.10. The summed E-state index contributed by atoms with van der Waals surface area (Å²) >= 11 is 4.82. The minimum Gasteiger partial charge on any atom is -0.330 e. The van der Waals surface area contributed by atoms with Gasteiger partial charge in [-0.2, -0.15) is 0 Å². The molecule has 1 heterocycles. The zero-order valence-electron chi connectivity index (χ0n) is 6.66. The van der Waals surface area contributed by atoms with Crippen LogP contribution in [-0.4, -0.2) is 10.1 Å². The van der Waals surface area contributed by atoms with E-state index >= 15 is 0 Å². The maximum Gasteiger partial charge on any atom is 0.185 e. The summed E-state index contributed by atoms with van der Waals surface area (Å²) in [5.74, 6) is 5.10. The molecule has 0 aliphatic heterocycles. The Balaban J connectivity index is 2.75. The van der Waals surface area contributed by atoms with E-state index in [1.54, 1.807) is 12.4 Å². The lowest BCUT2D eigenvalue weighted by atomic mass is 10.2. The van der Waals surface area contributed by atoms with Gasteiger partial charge in [0.05, 0.1) is 11.9 Å². The van der Waals surface area contributed by atoms with Crippen molar-refractivity contribution in [2.24, 2.45) is 5.84 Å². The first kappa shape index (κ1) is 8.89. The largest absolute Gasteiger partial charge is 0.330 e. The number of rotatable bonds is 1. The Labute approximate surface area is 76.1 Å². The van der Waals surface area contributed by atoms with Crippen LogP contribution in [0.2, 0.25) is 0 Å². The van der Waals surface area contributed by atoms with Crippen molar-refractivity contribution in [3.8, 4) is 0 Å². The Morgan fingerprint density at radius 1 is 1.67 bits per heavy atom. The summed E-state index contributed by atoms with van der Waals surface area (Å²) in [5.41, 5.74) is 4.27. The zero-order chi connectivity index (χ0) is 8.97. The SMILES string of the molecule is Cc1ccncc1NC(=S)NN. The molecule has 0 fully saturated rings. The Morgan fingerprint density at radius 3 is 3.00 bits per heavy atom. The van der Waals surface area contributed by atoms with Crippen molar-refractivity contribution in [1.82, 2.24) is 10.4 Å². The molecule has 0 radical (unpaired) electrons. The first-order valence-corrected chi connectivity index (χ1v) is 3.83. The summed E-state index contributed by atoms with van der Waals surface area (Å²) < 4.78 is 0. The number of nitrogens with two attached hydrogens (primary N) is 1. The molecule has 0 saturated carbocycles. The number of thiocarbonyl (C=S) groups is 1. The number of pyridine rings is 1. The molecule has 0 amide bonds. The molecule has 0 aromatic carbocycles. The average Bonchev–Trinajstić information content (AvgIpc) is 2.09. The fourth-order valence-corrected chi connectivity index (χ4v) is 0.863. The van der Waals surface area contributed by atoms with Crippen LogP contribution in [0.25, 0.3) is 0 Å². The molecular weight excluding hydrogens is 172 g/mol. The van der Waals surface area contributed by atoms with Crippen LogP contribution in [0.1, 0.15) is 5.56 Å². The van der Waals surface area contributed by atoms with Crippen molar-refractivity contribution in [2.45, 2.75) is 6.92 Å². The third-order valence-electron chi connectivity index (χ3n) is 1.42. The summed E-state index contributed by atoms with van der Waals surface area (Å²) in [5, 5.41) is 3.27. The topological polar surface area (TPSA) is 63.0 Å². The minimum absolute atomic E-state index is 0.381. The third kappa shape index (κ3) is 2.14. The van der Waals surface area contributed by atoms with Crippen molar-refractivity contribution in [3.05, 3.63) is 24.0 Å². The molecule has 0 spiro atoms. The van der Waals surface area contributed by atoms with Crippen LogP contribution >= 0.6 is 12.2 Å². The van der Waals surface area contributed by atoms with Gasteiger partial charge in [0.15, 0.2) is 5.11 Å². The minimum atomic E-state index is 0.381. The average molecular weight is 182 g/mol. The zero-order valence-corrected chi connectivity index (χ0v) is 7.48. The van der Waals surface area contributed by atoms with Crippen LogP contribution in [0, 0.1) is 6.92 Å². The van der Waals surface area contributed by atoms with Crippen LogP contribution in [0.4, 0.5) is 5.69 Å². The van der Waals surface area contributed by atoms with Gasteiger partial charge >= 0.3 is 0 Å². The number of aromatic nitrogens is 1. The quantitative estimate of drug-likeness (QED) is 0.336. The number of hydrogen-bond acceptors (Lipinski definition) is 3. The lowest BCUT2D eigenvalue weighted by molar-refractivity contribution is 1.04. The van der Waals surface area contributed by atoms with Crippen LogP contribution < -0.4 is 16.6 Å². The van der Waals surface area contributed by atoms with Gasteiger partial charge in [0.1, 0.15) is 0 Å². The Morgan fingerprint density at radius 2 is 2.42 bits per heavy atom.